The van der Waals surface area contributed by atoms with E-state index in [1.165, 1.54) is 11.3 Å². The van der Waals surface area contributed by atoms with E-state index in [2.05, 4.69) is 22.4 Å². The minimum atomic E-state index is -0.158. The van der Waals surface area contributed by atoms with Crippen LogP contribution in [0.1, 0.15) is 39.5 Å². The fourth-order valence-electron chi connectivity index (χ4n) is 2.86. The van der Waals surface area contributed by atoms with Crippen molar-refractivity contribution >= 4 is 28.3 Å². The van der Waals surface area contributed by atoms with Crippen LogP contribution in [-0.4, -0.2) is 46.6 Å². The van der Waals surface area contributed by atoms with Gasteiger partial charge in [-0.25, -0.2) is 0 Å². The molecule has 0 radical (unpaired) electrons. The molecule has 28 heavy (non-hydrogen) atoms. The lowest BCUT2D eigenvalue weighted by atomic mass is 10.2. The van der Waals surface area contributed by atoms with Gasteiger partial charge in [-0.05, 0) is 50.5 Å². The molecule has 3 rings (SSSR count). The van der Waals surface area contributed by atoms with Crippen molar-refractivity contribution in [2.45, 2.75) is 45.6 Å². The molecule has 1 saturated carbocycles. The molecule has 8 heteroatoms. The number of carbonyl (C=O) groups is 2. The third-order valence-corrected chi connectivity index (χ3v) is 5.81. The number of ether oxygens (including phenoxy) is 1. The number of benzene rings is 1. The number of amides is 2. The summed E-state index contributed by atoms with van der Waals surface area (Å²) in [6.07, 6.45) is 3.07. The minimum Gasteiger partial charge on any atom is -0.497 e. The summed E-state index contributed by atoms with van der Waals surface area (Å²) in [5, 5.41) is 12.2. The van der Waals surface area contributed by atoms with E-state index in [4.69, 9.17) is 4.74 Å². The Labute approximate surface area is 169 Å². The van der Waals surface area contributed by atoms with E-state index < -0.39 is 0 Å². The van der Waals surface area contributed by atoms with Gasteiger partial charge in [-0.1, -0.05) is 18.3 Å². The second-order valence-corrected chi connectivity index (χ2v) is 7.98. The number of carbonyl (C=O) groups excluding carboxylic acids is 2. The Morgan fingerprint density at radius 2 is 2.00 bits per heavy atom. The van der Waals surface area contributed by atoms with Gasteiger partial charge in [-0.2, -0.15) is 0 Å². The van der Waals surface area contributed by atoms with E-state index in [1.807, 2.05) is 36.1 Å². The van der Waals surface area contributed by atoms with Crippen LogP contribution < -0.4 is 10.1 Å². The number of rotatable bonds is 9. The van der Waals surface area contributed by atoms with Crippen LogP contribution in [-0.2, 0) is 9.59 Å². The van der Waals surface area contributed by atoms with Gasteiger partial charge >= 0.3 is 0 Å². The van der Waals surface area contributed by atoms with E-state index in [0.29, 0.717) is 11.7 Å². The van der Waals surface area contributed by atoms with E-state index in [9.17, 15) is 9.59 Å². The van der Waals surface area contributed by atoms with Crippen molar-refractivity contribution in [2.24, 2.45) is 5.92 Å². The molecule has 1 aliphatic rings. The van der Waals surface area contributed by atoms with Gasteiger partial charge in [-0.3, -0.25) is 9.59 Å². The smallest absolute Gasteiger partial charge is 0.227 e. The number of nitrogens with one attached hydrogen (secondary N) is 1. The average molecular weight is 403 g/mol. The highest BCUT2D eigenvalue weighted by Crippen LogP contribution is 2.32. The molecule has 0 spiro atoms. The fourth-order valence-corrected chi connectivity index (χ4v) is 3.63. The molecule has 1 atom stereocenters. The molecule has 1 aromatic carbocycles. The molecule has 2 aromatic rings. The minimum absolute atomic E-state index is 0.143. The van der Waals surface area contributed by atoms with Crippen LogP contribution in [0.5, 0.6) is 5.75 Å². The molecule has 1 aliphatic carbocycles. The van der Waals surface area contributed by atoms with Crippen LogP contribution >= 0.6 is 11.3 Å². The number of anilines is 1. The van der Waals surface area contributed by atoms with E-state index in [-0.39, 0.29) is 30.2 Å². The first kappa shape index (κ1) is 20.3. The molecule has 0 bridgehead atoms. The molecule has 1 N–H and O–H groups in total. The molecular formula is C20H26N4O3S. The summed E-state index contributed by atoms with van der Waals surface area (Å²) in [4.78, 5) is 26.6. The maximum Gasteiger partial charge on any atom is 0.227 e. The van der Waals surface area contributed by atoms with E-state index in [0.717, 1.165) is 35.6 Å². The third-order valence-electron chi connectivity index (χ3n) is 4.92. The highest BCUT2D eigenvalue weighted by molar-refractivity contribution is 7.18. The zero-order valence-corrected chi connectivity index (χ0v) is 17.3. The van der Waals surface area contributed by atoms with Crippen molar-refractivity contribution in [1.82, 2.24) is 15.1 Å². The molecule has 1 unspecified atom stereocenters. The Bertz CT molecular complexity index is 817. The highest BCUT2D eigenvalue weighted by Gasteiger charge is 2.34. The summed E-state index contributed by atoms with van der Waals surface area (Å²) in [5.74, 6) is 0.954. The van der Waals surface area contributed by atoms with Crippen LogP contribution in [0.2, 0.25) is 0 Å². The molecular weight excluding hydrogens is 376 g/mol. The molecule has 0 saturated heterocycles. The van der Waals surface area contributed by atoms with Gasteiger partial charge in [0.15, 0.2) is 0 Å². The first-order valence-corrected chi connectivity index (χ1v) is 10.4. The van der Waals surface area contributed by atoms with Gasteiger partial charge in [0.2, 0.25) is 16.9 Å². The summed E-state index contributed by atoms with van der Waals surface area (Å²) < 4.78 is 5.15. The lowest BCUT2D eigenvalue weighted by molar-refractivity contribution is -0.135. The molecule has 7 nitrogen and oxygen atoms in total. The predicted molar refractivity (Wildman–Crippen MR) is 109 cm³/mol. The summed E-state index contributed by atoms with van der Waals surface area (Å²) in [7, 11) is 1.62. The number of methoxy groups -OCH3 is 1. The SMILES string of the molecule is CCC(C)N(CCC(=O)Nc1nnc(-c2ccc(OC)cc2)s1)C(=O)C1CC1. The molecule has 1 aromatic heterocycles. The van der Waals surface area contributed by atoms with Crippen molar-refractivity contribution in [3.8, 4) is 16.3 Å². The molecule has 150 valence electrons. The van der Waals surface area contributed by atoms with Gasteiger partial charge in [0, 0.05) is 30.5 Å². The zero-order chi connectivity index (χ0) is 20.1. The van der Waals surface area contributed by atoms with Gasteiger partial charge in [0.1, 0.15) is 10.8 Å². The Kier molecular flexibility index (Phi) is 6.61. The van der Waals surface area contributed by atoms with Crippen molar-refractivity contribution in [1.29, 1.82) is 0 Å². The summed E-state index contributed by atoms with van der Waals surface area (Å²) in [6, 6.07) is 7.66. The van der Waals surface area contributed by atoms with Crippen LogP contribution in [0, 0.1) is 5.92 Å². The Morgan fingerprint density at radius 1 is 1.29 bits per heavy atom. The second-order valence-electron chi connectivity index (χ2n) is 7.00. The first-order valence-electron chi connectivity index (χ1n) is 9.60. The molecule has 1 fully saturated rings. The third kappa shape index (κ3) is 5.07. The monoisotopic (exact) mass is 402 g/mol. The Balaban J connectivity index is 1.55. The van der Waals surface area contributed by atoms with Crippen LogP contribution in [0.15, 0.2) is 24.3 Å². The van der Waals surface area contributed by atoms with Crippen molar-refractivity contribution in [2.75, 3.05) is 19.0 Å². The van der Waals surface area contributed by atoms with Gasteiger partial charge in [0.25, 0.3) is 0 Å². The first-order chi connectivity index (χ1) is 13.5. The molecule has 1 heterocycles. The summed E-state index contributed by atoms with van der Waals surface area (Å²) >= 11 is 1.32. The Morgan fingerprint density at radius 3 is 2.61 bits per heavy atom. The van der Waals surface area contributed by atoms with Crippen molar-refractivity contribution < 1.29 is 14.3 Å². The fraction of sp³-hybridized carbons (Fsp3) is 0.500. The van der Waals surface area contributed by atoms with Gasteiger partial charge < -0.3 is 15.0 Å². The summed E-state index contributed by atoms with van der Waals surface area (Å²) in [5.41, 5.74) is 0.914. The van der Waals surface area contributed by atoms with Crippen molar-refractivity contribution in [3.05, 3.63) is 24.3 Å². The van der Waals surface area contributed by atoms with Gasteiger partial charge in [0.05, 0.1) is 7.11 Å². The maximum atomic E-state index is 12.4. The number of hydrogen-bond acceptors (Lipinski definition) is 6. The molecule has 2 amide bonds. The topological polar surface area (TPSA) is 84.4 Å². The van der Waals surface area contributed by atoms with Crippen LogP contribution in [0.3, 0.4) is 0 Å². The summed E-state index contributed by atoms with van der Waals surface area (Å²) in [6.45, 7) is 4.52. The number of nitrogens with zero attached hydrogens (tertiary/aromatic N) is 3. The number of aromatic nitrogens is 2. The Hall–Kier alpha value is -2.48. The predicted octanol–water partition coefficient (Wildman–Crippen LogP) is 3.58. The van der Waals surface area contributed by atoms with Crippen molar-refractivity contribution in [3.63, 3.8) is 0 Å². The maximum absolute atomic E-state index is 12.4. The quantitative estimate of drug-likeness (QED) is 0.693. The van der Waals surface area contributed by atoms with Gasteiger partial charge in [-0.15, -0.1) is 10.2 Å². The number of hydrogen-bond donors (Lipinski definition) is 1. The normalized spacial score (nSPS) is 14.4. The van der Waals surface area contributed by atoms with E-state index in [1.54, 1.807) is 7.11 Å². The zero-order valence-electron chi connectivity index (χ0n) is 16.5. The second kappa shape index (κ2) is 9.14. The standard InChI is InChI=1S/C20H26N4O3S/c1-4-13(2)24(19(26)15-5-6-15)12-11-17(25)21-20-23-22-18(28-20)14-7-9-16(27-3)10-8-14/h7-10,13,15H,4-6,11-12H2,1-3H3,(H,21,23,25). The lowest BCUT2D eigenvalue weighted by Gasteiger charge is -2.28. The van der Waals surface area contributed by atoms with Crippen LogP contribution in [0.25, 0.3) is 10.6 Å². The highest BCUT2D eigenvalue weighted by atomic mass is 32.1. The average Bonchev–Trinajstić information content (AvgIpc) is 3.47. The largest absolute Gasteiger partial charge is 0.497 e. The lowest BCUT2D eigenvalue weighted by Crippen LogP contribution is -2.41. The molecule has 0 aliphatic heterocycles. The van der Waals surface area contributed by atoms with E-state index >= 15 is 0 Å². The van der Waals surface area contributed by atoms with Crippen LogP contribution in [0.4, 0.5) is 5.13 Å².